The smallest absolute Gasteiger partial charge is 0.320 e. The van der Waals surface area contributed by atoms with Crippen molar-refractivity contribution in [2.75, 3.05) is 5.32 Å². The molecule has 3 rings (SSSR count). The molecule has 2 heterocycles. The molecule has 10 nitrogen and oxygen atoms in total. The molecule has 3 aromatic rings. The first kappa shape index (κ1) is 18.3. The number of hydrogen-bond acceptors (Lipinski definition) is 6. The molecule has 0 aliphatic heterocycles. The molecule has 27 heavy (non-hydrogen) atoms. The van der Waals surface area contributed by atoms with Crippen molar-refractivity contribution in [3.63, 3.8) is 0 Å². The molecule has 0 aliphatic carbocycles. The van der Waals surface area contributed by atoms with Gasteiger partial charge in [-0.3, -0.25) is 28.8 Å². The molecular weight excluding hydrogens is 378 g/mol. The van der Waals surface area contributed by atoms with Gasteiger partial charge in [0.1, 0.15) is 16.4 Å². The second-order valence-electron chi connectivity index (χ2n) is 5.65. The summed E-state index contributed by atoms with van der Waals surface area (Å²) in [5.41, 5.74) is -1.32. The quantitative estimate of drug-likeness (QED) is 0.533. The number of hydrogen-bond donors (Lipinski definition) is 1. The maximum Gasteiger partial charge on any atom is 0.332 e. The molecule has 138 valence electrons. The highest BCUT2D eigenvalue weighted by Crippen LogP contribution is 2.27. The van der Waals surface area contributed by atoms with Gasteiger partial charge >= 0.3 is 5.69 Å². The lowest BCUT2D eigenvalue weighted by atomic mass is 10.2. The standard InChI is InChI=1S/C16H12ClN5O5/c1-20-13-9(15(24)21(2)16(20)25)4-6-11(19-13)14(23)18-8-3-5-10(17)12(7-8)22(26)27/h3-7H,1-2H3,(H,18,23). The zero-order valence-corrected chi connectivity index (χ0v) is 14.9. The number of nitro benzene ring substituents is 1. The summed E-state index contributed by atoms with van der Waals surface area (Å²) in [5.74, 6) is -0.665. The number of halogens is 1. The Morgan fingerprint density at radius 1 is 1.19 bits per heavy atom. The average Bonchev–Trinajstić information content (AvgIpc) is 2.65. The predicted molar refractivity (Wildman–Crippen MR) is 98.3 cm³/mol. The first-order valence-electron chi connectivity index (χ1n) is 7.52. The molecule has 0 spiro atoms. The van der Waals surface area contributed by atoms with E-state index in [0.717, 1.165) is 15.2 Å². The van der Waals surface area contributed by atoms with Gasteiger partial charge in [0.15, 0.2) is 0 Å². The minimum atomic E-state index is -0.669. The lowest BCUT2D eigenvalue weighted by Crippen LogP contribution is -2.37. The highest BCUT2D eigenvalue weighted by atomic mass is 35.5. The number of aromatic nitrogens is 3. The summed E-state index contributed by atoms with van der Waals surface area (Å²) >= 11 is 5.74. The molecule has 0 fully saturated rings. The molecule has 0 aliphatic rings. The van der Waals surface area contributed by atoms with Gasteiger partial charge in [-0.05, 0) is 24.3 Å². The van der Waals surface area contributed by atoms with E-state index in [0.29, 0.717) is 0 Å². The van der Waals surface area contributed by atoms with Crippen molar-refractivity contribution in [3.8, 4) is 0 Å². The van der Waals surface area contributed by atoms with E-state index in [1.807, 2.05) is 0 Å². The Balaban J connectivity index is 2.02. The Bertz CT molecular complexity index is 1230. The second kappa shape index (κ2) is 6.65. The van der Waals surface area contributed by atoms with Crippen LogP contribution in [0.4, 0.5) is 11.4 Å². The highest BCUT2D eigenvalue weighted by molar-refractivity contribution is 6.32. The van der Waals surface area contributed by atoms with Crippen LogP contribution in [-0.2, 0) is 14.1 Å². The summed E-state index contributed by atoms with van der Waals surface area (Å²) in [6, 6.07) is 6.53. The van der Waals surface area contributed by atoms with Crippen molar-refractivity contribution in [2.24, 2.45) is 14.1 Å². The fraction of sp³-hybridized carbons (Fsp3) is 0.125. The molecule has 2 aromatic heterocycles. The minimum Gasteiger partial charge on any atom is -0.320 e. The molecule has 1 aromatic carbocycles. The number of nitrogens with zero attached hydrogens (tertiary/aromatic N) is 4. The third kappa shape index (κ3) is 3.17. The number of nitro groups is 1. The fourth-order valence-corrected chi connectivity index (χ4v) is 2.69. The summed E-state index contributed by atoms with van der Waals surface area (Å²) in [5, 5.41) is 13.5. The lowest BCUT2D eigenvalue weighted by Gasteiger charge is -2.09. The van der Waals surface area contributed by atoms with Crippen molar-refractivity contribution < 1.29 is 9.72 Å². The van der Waals surface area contributed by atoms with Gasteiger partial charge in [0.2, 0.25) is 0 Å². The maximum absolute atomic E-state index is 12.4. The first-order chi connectivity index (χ1) is 12.7. The lowest BCUT2D eigenvalue weighted by molar-refractivity contribution is -0.384. The van der Waals surface area contributed by atoms with Crippen molar-refractivity contribution >= 4 is 39.9 Å². The summed E-state index contributed by atoms with van der Waals surface area (Å²) in [6.07, 6.45) is 0. The number of rotatable bonds is 3. The van der Waals surface area contributed by atoms with Gasteiger partial charge in [-0.2, -0.15) is 0 Å². The van der Waals surface area contributed by atoms with E-state index in [1.54, 1.807) is 0 Å². The van der Waals surface area contributed by atoms with Gasteiger partial charge in [0, 0.05) is 25.8 Å². The first-order valence-corrected chi connectivity index (χ1v) is 7.90. The van der Waals surface area contributed by atoms with Crippen LogP contribution in [-0.4, -0.2) is 24.9 Å². The van der Waals surface area contributed by atoms with Crippen LogP contribution in [0, 0.1) is 10.1 Å². The van der Waals surface area contributed by atoms with Crippen LogP contribution < -0.4 is 16.6 Å². The molecule has 0 radical (unpaired) electrons. The zero-order chi connectivity index (χ0) is 19.9. The van der Waals surface area contributed by atoms with Crippen LogP contribution >= 0.6 is 11.6 Å². The predicted octanol–water partition coefficient (Wildman–Crippen LogP) is 1.45. The third-order valence-corrected chi connectivity index (χ3v) is 4.25. The number of aryl methyl sites for hydroxylation is 1. The number of carbonyl (C=O) groups excluding carboxylic acids is 1. The topological polar surface area (TPSA) is 129 Å². The summed E-state index contributed by atoms with van der Waals surface area (Å²) < 4.78 is 2.09. The van der Waals surface area contributed by atoms with Gasteiger partial charge in [0.05, 0.1) is 10.3 Å². The second-order valence-corrected chi connectivity index (χ2v) is 6.06. The highest BCUT2D eigenvalue weighted by Gasteiger charge is 2.17. The SMILES string of the molecule is Cn1c(=O)c2ccc(C(=O)Nc3ccc(Cl)c([N+](=O)[O-])c3)nc2n(C)c1=O. The van der Waals surface area contributed by atoms with Gasteiger partial charge in [-0.15, -0.1) is 0 Å². The van der Waals surface area contributed by atoms with Crippen LogP contribution in [0.1, 0.15) is 10.5 Å². The summed E-state index contributed by atoms with van der Waals surface area (Å²) in [4.78, 5) is 50.9. The van der Waals surface area contributed by atoms with Crippen molar-refractivity contribution in [2.45, 2.75) is 0 Å². The Morgan fingerprint density at radius 3 is 2.56 bits per heavy atom. The van der Waals surface area contributed by atoms with Crippen LogP contribution in [0.5, 0.6) is 0 Å². The van der Waals surface area contributed by atoms with E-state index in [2.05, 4.69) is 10.3 Å². The minimum absolute atomic E-state index is 0.0536. The Morgan fingerprint density at radius 2 is 1.89 bits per heavy atom. The number of fused-ring (bicyclic) bond motifs is 1. The molecule has 0 saturated carbocycles. The van der Waals surface area contributed by atoms with E-state index >= 15 is 0 Å². The molecule has 0 unspecified atom stereocenters. The molecule has 11 heteroatoms. The van der Waals surface area contributed by atoms with Gasteiger partial charge in [0.25, 0.3) is 17.2 Å². The van der Waals surface area contributed by atoms with Crippen LogP contribution in [0.25, 0.3) is 11.0 Å². The summed E-state index contributed by atoms with van der Waals surface area (Å²) in [7, 11) is 2.78. The number of anilines is 1. The average molecular weight is 390 g/mol. The maximum atomic E-state index is 12.4. The Hall–Kier alpha value is -3.53. The van der Waals surface area contributed by atoms with Crippen molar-refractivity contribution in [1.82, 2.24) is 14.1 Å². The fourth-order valence-electron chi connectivity index (χ4n) is 2.51. The number of amides is 1. The number of carbonyl (C=O) groups is 1. The molecular formula is C16H12ClN5O5. The van der Waals surface area contributed by atoms with Crippen LogP contribution in [0.3, 0.4) is 0 Å². The largest absolute Gasteiger partial charge is 0.332 e. The van der Waals surface area contributed by atoms with Crippen LogP contribution in [0.15, 0.2) is 39.9 Å². The van der Waals surface area contributed by atoms with E-state index in [4.69, 9.17) is 11.6 Å². The van der Waals surface area contributed by atoms with E-state index in [1.165, 1.54) is 38.4 Å². The van der Waals surface area contributed by atoms with E-state index in [-0.39, 0.29) is 33.1 Å². The Kier molecular flexibility index (Phi) is 4.50. The van der Waals surface area contributed by atoms with Gasteiger partial charge in [-0.1, -0.05) is 11.6 Å². The summed E-state index contributed by atoms with van der Waals surface area (Å²) in [6.45, 7) is 0. The van der Waals surface area contributed by atoms with Crippen LogP contribution in [0.2, 0.25) is 5.02 Å². The monoisotopic (exact) mass is 389 g/mol. The number of pyridine rings is 1. The van der Waals surface area contributed by atoms with Crippen molar-refractivity contribution in [3.05, 3.63) is 72.0 Å². The normalized spacial score (nSPS) is 10.8. The molecule has 0 saturated heterocycles. The Labute approximate surface area is 155 Å². The third-order valence-electron chi connectivity index (χ3n) is 3.94. The number of nitrogens with one attached hydrogen (secondary N) is 1. The molecule has 0 atom stereocenters. The molecule has 1 N–H and O–H groups in total. The van der Waals surface area contributed by atoms with E-state index in [9.17, 15) is 24.5 Å². The number of benzene rings is 1. The van der Waals surface area contributed by atoms with Crippen molar-refractivity contribution in [1.29, 1.82) is 0 Å². The van der Waals surface area contributed by atoms with Gasteiger partial charge < -0.3 is 5.32 Å². The van der Waals surface area contributed by atoms with E-state index < -0.39 is 22.1 Å². The molecule has 1 amide bonds. The zero-order valence-electron chi connectivity index (χ0n) is 14.1. The molecule has 0 bridgehead atoms. The van der Waals surface area contributed by atoms with Gasteiger partial charge in [-0.25, -0.2) is 9.78 Å².